The van der Waals surface area contributed by atoms with Crippen LogP contribution in [0.1, 0.15) is 33.4 Å². The Balaban J connectivity index is 1.97. The average molecular weight is 285 g/mol. The van der Waals surface area contributed by atoms with Crippen LogP contribution in [0, 0.1) is 0 Å². The van der Waals surface area contributed by atoms with Crippen LogP contribution in [-0.2, 0) is 6.54 Å². The second-order valence-corrected chi connectivity index (χ2v) is 7.83. The summed E-state index contributed by atoms with van der Waals surface area (Å²) in [5.41, 5.74) is 1.31. The predicted molar refractivity (Wildman–Crippen MR) is 82.8 cm³/mol. The fourth-order valence-corrected chi connectivity index (χ4v) is 3.84. The van der Waals surface area contributed by atoms with Crippen LogP contribution in [0.2, 0.25) is 0 Å². The van der Waals surface area contributed by atoms with E-state index >= 15 is 0 Å². The Hall–Kier alpha value is -0.260. The van der Waals surface area contributed by atoms with Crippen LogP contribution in [0.5, 0.6) is 0 Å². The third kappa shape index (κ3) is 3.87. The van der Waals surface area contributed by atoms with Gasteiger partial charge in [-0.1, -0.05) is 0 Å². The van der Waals surface area contributed by atoms with Crippen LogP contribution >= 0.6 is 23.1 Å². The van der Waals surface area contributed by atoms with Crippen LogP contribution in [0.25, 0.3) is 0 Å². The summed E-state index contributed by atoms with van der Waals surface area (Å²) in [7, 11) is 0. The Morgan fingerprint density at radius 1 is 1.50 bits per heavy atom. The molecule has 1 aliphatic rings. The minimum absolute atomic E-state index is 0.152. The molecule has 1 fully saturated rings. The number of nitrogens with one attached hydrogen (secondary N) is 1. The zero-order valence-corrected chi connectivity index (χ0v) is 13.3. The van der Waals surface area contributed by atoms with Crippen molar-refractivity contribution in [3.8, 4) is 0 Å². The molecule has 1 aromatic heterocycles. The molecule has 2 rings (SSSR count). The number of aromatic nitrogens is 1. The van der Waals surface area contributed by atoms with Crippen LogP contribution < -0.4 is 10.2 Å². The molecule has 0 bridgehead atoms. The molecule has 0 spiro atoms. The van der Waals surface area contributed by atoms with Gasteiger partial charge in [0.1, 0.15) is 0 Å². The molecule has 18 heavy (non-hydrogen) atoms. The van der Waals surface area contributed by atoms with Crippen molar-refractivity contribution in [3.05, 3.63) is 11.1 Å². The number of anilines is 1. The summed E-state index contributed by atoms with van der Waals surface area (Å²) in [6.07, 6.45) is 0. The molecule has 1 atom stereocenters. The lowest BCUT2D eigenvalue weighted by molar-refractivity contribution is 0.422. The minimum Gasteiger partial charge on any atom is -0.344 e. The maximum atomic E-state index is 4.76. The van der Waals surface area contributed by atoms with Crippen molar-refractivity contribution in [2.24, 2.45) is 0 Å². The topological polar surface area (TPSA) is 28.2 Å². The van der Waals surface area contributed by atoms with E-state index in [1.54, 1.807) is 11.3 Å². The molecule has 1 saturated heterocycles. The maximum Gasteiger partial charge on any atom is 0.185 e. The summed E-state index contributed by atoms with van der Waals surface area (Å²) < 4.78 is 0. The molecule has 1 unspecified atom stereocenters. The first-order chi connectivity index (χ1) is 8.46. The van der Waals surface area contributed by atoms with Crippen LogP contribution in [0.4, 0.5) is 5.13 Å². The van der Waals surface area contributed by atoms with Crippen LogP contribution in [0.15, 0.2) is 5.38 Å². The molecule has 0 aliphatic carbocycles. The Morgan fingerprint density at radius 2 is 2.28 bits per heavy atom. The van der Waals surface area contributed by atoms with E-state index in [9.17, 15) is 0 Å². The normalized spacial score (nSPS) is 21.3. The number of thiazole rings is 1. The SMILES string of the molecule is CC1CSCCN1c1nc(CNC(C)(C)C)cs1. The van der Waals surface area contributed by atoms with E-state index in [4.69, 9.17) is 4.98 Å². The molecule has 0 amide bonds. The van der Waals surface area contributed by atoms with Gasteiger partial charge in [-0.3, -0.25) is 0 Å². The molecule has 1 aliphatic heterocycles. The Morgan fingerprint density at radius 3 is 2.94 bits per heavy atom. The molecule has 1 N–H and O–H groups in total. The van der Waals surface area contributed by atoms with Gasteiger partial charge in [0.05, 0.1) is 5.69 Å². The predicted octanol–water partition coefficient (Wildman–Crippen LogP) is 2.97. The number of nitrogens with zero attached hydrogens (tertiary/aromatic N) is 2. The number of hydrogen-bond acceptors (Lipinski definition) is 5. The van der Waals surface area contributed by atoms with Gasteiger partial charge in [-0.2, -0.15) is 11.8 Å². The monoisotopic (exact) mass is 285 g/mol. The lowest BCUT2D eigenvalue weighted by Gasteiger charge is -2.32. The number of thioether (sulfide) groups is 1. The van der Waals surface area contributed by atoms with Gasteiger partial charge in [-0.05, 0) is 27.7 Å². The summed E-state index contributed by atoms with van der Waals surface area (Å²) in [6, 6.07) is 0.610. The van der Waals surface area contributed by atoms with Crippen molar-refractivity contribution < 1.29 is 0 Å². The largest absolute Gasteiger partial charge is 0.344 e. The summed E-state index contributed by atoms with van der Waals surface area (Å²) in [5.74, 6) is 2.44. The fourth-order valence-electron chi connectivity index (χ4n) is 1.88. The highest BCUT2D eigenvalue weighted by atomic mass is 32.2. The molecule has 2 heterocycles. The van der Waals surface area contributed by atoms with Crippen molar-refractivity contribution in [1.82, 2.24) is 10.3 Å². The number of rotatable bonds is 3. The second kappa shape index (κ2) is 5.80. The Kier molecular flexibility index (Phi) is 4.56. The summed E-state index contributed by atoms with van der Waals surface area (Å²) in [4.78, 5) is 7.21. The molecular weight excluding hydrogens is 262 g/mol. The standard InChI is InChI=1S/C13H23N3S2/c1-10-8-17-6-5-16(10)12-15-11(9-18-12)7-14-13(2,3)4/h9-10,14H,5-8H2,1-4H3. The van der Waals surface area contributed by atoms with Crippen molar-refractivity contribution in [1.29, 1.82) is 0 Å². The smallest absolute Gasteiger partial charge is 0.185 e. The first-order valence-corrected chi connectivity index (χ1v) is 8.53. The molecule has 102 valence electrons. The summed E-state index contributed by atoms with van der Waals surface area (Å²) in [5, 5.41) is 6.86. The van der Waals surface area contributed by atoms with Gasteiger partial charge in [-0.25, -0.2) is 4.98 Å². The van der Waals surface area contributed by atoms with Crippen molar-refractivity contribution >= 4 is 28.2 Å². The first-order valence-electron chi connectivity index (χ1n) is 6.49. The lowest BCUT2D eigenvalue weighted by atomic mass is 10.1. The molecular formula is C13H23N3S2. The molecule has 1 aromatic rings. The van der Waals surface area contributed by atoms with Crippen LogP contribution in [0.3, 0.4) is 0 Å². The fraction of sp³-hybridized carbons (Fsp3) is 0.769. The van der Waals surface area contributed by atoms with E-state index in [-0.39, 0.29) is 5.54 Å². The van der Waals surface area contributed by atoms with Crippen molar-refractivity contribution in [2.75, 3.05) is 23.0 Å². The summed E-state index contributed by atoms with van der Waals surface area (Å²) in [6.45, 7) is 10.8. The van der Waals surface area contributed by atoms with Gasteiger partial charge in [0.15, 0.2) is 5.13 Å². The van der Waals surface area contributed by atoms with E-state index < -0.39 is 0 Å². The second-order valence-electron chi connectivity index (χ2n) is 5.84. The zero-order valence-electron chi connectivity index (χ0n) is 11.7. The van der Waals surface area contributed by atoms with E-state index in [1.165, 1.54) is 16.6 Å². The maximum absolute atomic E-state index is 4.76. The van der Waals surface area contributed by atoms with Gasteiger partial charge in [-0.15, -0.1) is 11.3 Å². The van der Waals surface area contributed by atoms with Crippen molar-refractivity contribution in [3.63, 3.8) is 0 Å². The summed E-state index contributed by atoms with van der Waals surface area (Å²) >= 11 is 3.82. The zero-order chi connectivity index (χ0) is 13.2. The third-order valence-corrected chi connectivity index (χ3v) is 5.07. The Bertz CT molecular complexity index is 384. The molecule has 0 aromatic carbocycles. The molecule has 0 saturated carbocycles. The van der Waals surface area contributed by atoms with E-state index in [1.807, 2.05) is 11.8 Å². The third-order valence-electron chi connectivity index (χ3n) is 2.95. The van der Waals surface area contributed by atoms with Gasteiger partial charge in [0.2, 0.25) is 0 Å². The van der Waals surface area contributed by atoms with E-state index in [0.29, 0.717) is 6.04 Å². The van der Waals surface area contributed by atoms with Gasteiger partial charge in [0, 0.05) is 41.6 Å². The van der Waals surface area contributed by atoms with Gasteiger partial charge >= 0.3 is 0 Å². The highest BCUT2D eigenvalue weighted by molar-refractivity contribution is 7.99. The first kappa shape index (κ1) is 14.2. The van der Waals surface area contributed by atoms with Crippen molar-refractivity contribution in [2.45, 2.75) is 45.8 Å². The minimum atomic E-state index is 0.152. The quantitative estimate of drug-likeness (QED) is 0.924. The Labute approximate surface area is 118 Å². The molecule has 0 radical (unpaired) electrons. The molecule has 5 heteroatoms. The lowest BCUT2D eigenvalue weighted by Crippen LogP contribution is -2.40. The number of hydrogen-bond donors (Lipinski definition) is 1. The highest BCUT2D eigenvalue weighted by Gasteiger charge is 2.21. The van der Waals surface area contributed by atoms with Gasteiger partial charge < -0.3 is 10.2 Å². The van der Waals surface area contributed by atoms with E-state index in [0.717, 1.165) is 18.8 Å². The van der Waals surface area contributed by atoms with E-state index in [2.05, 4.69) is 43.3 Å². The highest BCUT2D eigenvalue weighted by Crippen LogP contribution is 2.27. The van der Waals surface area contributed by atoms with Crippen LogP contribution in [-0.4, -0.2) is 34.6 Å². The average Bonchev–Trinajstić information content (AvgIpc) is 2.75. The van der Waals surface area contributed by atoms with Gasteiger partial charge in [0.25, 0.3) is 0 Å². The molecule has 3 nitrogen and oxygen atoms in total.